The average molecular weight is 237 g/mol. The molecule has 2 aromatic rings. The van der Waals surface area contributed by atoms with E-state index in [-0.39, 0.29) is 0 Å². The molecule has 1 N–H and O–H groups in total. The van der Waals surface area contributed by atoms with Crippen LogP contribution in [-0.2, 0) is 4.79 Å². The quantitative estimate of drug-likeness (QED) is 0.823. The van der Waals surface area contributed by atoms with E-state index in [1.165, 1.54) is 18.1 Å². The number of hydrogen-bond acceptors (Lipinski definition) is 4. The summed E-state index contributed by atoms with van der Waals surface area (Å²) in [6.45, 7) is 3.32. The molecule has 0 radical (unpaired) electrons. The number of aliphatic carboxylic acids is 1. The maximum atomic E-state index is 11.0. The van der Waals surface area contributed by atoms with Crippen molar-refractivity contribution in [1.29, 1.82) is 0 Å². The lowest BCUT2D eigenvalue weighted by Gasteiger charge is -2.18. The number of fused-ring (bicyclic) bond motifs is 1. The molecule has 0 aliphatic heterocycles. The number of hydrogen-bond donors (Lipinski definition) is 1. The number of carboxylic acid groups (broad SMARTS) is 1. The lowest BCUT2D eigenvalue weighted by Crippen LogP contribution is -2.27. The minimum absolute atomic E-state index is 0.714. The minimum atomic E-state index is -0.889. The molecule has 0 unspecified atom stereocenters. The predicted molar refractivity (Wildman–Crippen MR) is 60.6 cm³/mol. The van der Waals surface area contributed by atoms with Crippen molar-refractivity contribution in [2.45, 2.75) is 23.6 Å². The average Bonchev–Trinajstić information content (AvgIpc) is 2.65. The van der Waals surface area contributed by atoms with Gasteiger partial charge in [-0.1, -0.05) is 17.8 Å². The third-order valence-electron chi connectivity index (χ3n) is 2.14. The Kier molecular flexibility index (Phi) is 2.59. The van der Waals surface area contributed by atoms with E-state index in [0.29, 0.717) is 5.65 Å². The first-order chi connectivity index (χ1) is 7.50. The molecule has 0 atom stereocenters. The maximum Gasteiger partial charge on any atom is 0.319 e. The van der Waals surface area contributed by atoms with Crippen LogP contribution >= 0.6 is 11.8 Å². The van der Waals surface area contributed by atoms with Gasteiger partial charge in [0.25, 0.3) is 0 Å². The number of nitrogens with zero attached hydrogens (tertiary/aromatic N) is 3. The van der Waals surface area contributed by atoms with Crippen molar-refractivity contribution in [2.24, 2.45) is 0 Å². The molecule has 0 fully saturated rings. The van der Waals surface area contributed by atoms with Crippen LogP contribution in [0, 0.1) is 0 Å². The molecule has 5 nitrogen and oxygen atoms in total. The Labute approximate surface area is 96.5 Å². The molecule has 0 aliphatic carbocycles. The molecular formula is C10H11N3O2S. The first kappa shape index (κ1) is 10.9. The Hall–Kier alpha value is -1.56. The summed E-state index contributed by atoms with van der Waals surface area (Å²) in [7, 11) is 0. The van der Waals surface area contributed by atoms with Crippen LogP contribution in [0.15, 0.2) is 29.6 Å². The molecule has 0 aliphatic rings. The molecule has 2 heterocycles. The first-order valence-corrected chi connectivity index (χ1v) is 5.53. The van der Waals surface area contributed by atoms with Gasteiger partial charge >= 0.3 is 5.97 Å². The van der Waals surface area contributed by atoms with E-state index in [1.54, 1.807) is 18.4 Å². The van der Waals surface area contributed by atoms with E-state index in [2.05, 4.69) is 10.1 Å². The smallest absolute Gasteiger partial charge is 0.319 e. The molecule has 0 aromatic carbocycles. The fourth-order valence-corrected chi connectivity index (χ4v) is 2.19. The highest BCUT2D eigenvalue weighted by Crippen LogP contribution is 2.32. The van der Waals surface area contributed by atoms with Crippen molar-refractivity contribution >= 4 is 23.4 Å². The monoisotopic (exact) mass is 237 g/mol. The number of pyridine rings is 1. The van der Waals surface area contributed by atoms with E-state index in [4.69, 9.17) is 5.11 Å². The summed E-state index contributed by atoms with van der Waals surface area (Å²) < 4.78 is 0.746. The molecule has 0 spiro atoms. The van der Waals surface area contributed by atoms with Gasteiger partial charge in [-0.05, 0) is 26.0 Å². The summed E-state index contributed by atoms with van der Waals surface area (Å²) in [5.41, 5.74) is 0.714. The molecular weight excluding hydrogens is 226 g/mol. The van der Waals surface area contributed by atoms with Crippen LogP contribution in [0.1, 0.15) is 13.8 Å². The van der Waals surface area contributed by atoms with Crippen LogP contribution in [0.3, 0.4) is 0 Å². The van der Waals surface area contributed by atoms with Gasteiger partial charge in [-0.3, -0.25) is 4.79 Å². The molecule has 0 saturated heterocycles. The third-order valence-corrected chi connectivity index (χ3v) is 3.34. The number of carboxylic acids is 1. The van der Waals surface area contributed by atoms with Crippen molar-refractivity contribution in [3.63, 3.8) is 0 Å². The number of thioether (sulfide) groups is 1. The second kappa shape index (κ2) is 3.79. The molecule has 2 aromatic heterocycles. The molecule has 16 heavy (non-hydrogen) atoms. The lowest BCUT2D eigenvalue weighted by molar-refractivity contribution is -0.138. The Morgan fingerprint density at radius 1 is 1.50 bits per heavy atom. The van der Waals surface area contributed by atoms with Gasteiger partial charge < -0.3 is 5.11 Å². The fraction of sp³-hybridized carbons (Fsp3) is 0.300. The summed E-state index contributed by atoms with van der Waals surface area (Å²) in [6, 6.07) is 5.49. The Morgan fingerprint density at radius 3 is 2.94 bits per heavy atom. The molecule has 2 rings (SSSR count). The number of rotatable bonds is 3. The summed E-state index contributed by atoms with van der Waals surface area (Å²) >= 11 is 1.25. The van der Waals surface area contributed by atoms with Gasteiger partial charge in [0.1, 0.15) is 16.1 Å². The van der Waals surface area contributed by atoms with Gasteiger partial charge in [-0.25, -0.2) is 9.50 Å². The van der Waals surface area contributed by atoms with E-state index in [0.717, 1.165) is 5.03 Å². The minimum Gasteiger partial charge on any atom is -0.480 e. The number of carbonyl (C=O) groups is 1. The second-order valence-corrected chi connectivity index (χ2v) is 5.45. The number of aromatic nitrogens is 3. The zero-order valence-electron chi connectivity index (χ0n) is 8.91. The molecule has 0 bridgehead atoms. The van der Waals surface area contributed by atoms with Gasteiger partial charge in [0, 0.05) is 0 Å². The van der Waals surface area contributed by atoms with E-state index in [9.17, 15) is 4.79 Å². The SMILES string of the molecule is CC(C)(Sc1cccc2ncnn12)C(=O)O. The molecule has 0 saturated carbocycles. The summed E-state index contributed by atoms with van der Waals surface area (Å²) in [6.07, 6.45) is 1.45. The normalized spacial score (nSPS) is 11.9. The van der Waals surface area contributed by atoms with E-state index >= 15 is 0 Å². The molecule has 0 amide bonds. The predicted octanol–water partition coefficient (Wildman–Crippen LogP) is 1.68. The van der Waals surface area contributed by atoms with Crippen molar-refractivity contribution in [1.82, 2.24) is 14.6 Å². The summed E-state index contributed by atoms with van der Waals surface area (Å²) in [4.78, 5) is 15.1. The summed E-state index contributed by atoms with van der Waals surface area (Å²) in [5, 5.41) is 13.9. The van der Waals surface area contributed by atoms with Gasteiger partial charge in [-0.2, -0.15) is 5.10 Å². The lowest BCUT2D eigenvalue weighted by atomic mass is 10.2. The van der Waals surface area contributed by atoms with Gasteiger partial charge in [-0.15, -0.1) is 0 Å². The van der Waals surface area contributed by atoms with E-state index < -0.39 is 10.7 Å². The van der Waals surface area contributed by atoms with Crippen LogP contribution in [0.25, 0.3) is 5.65 Å². The van der Waals surface area contributed by atoms with E-state index in [1.807, 2.05) is 18.2 Å². The molecule has 6 heteroatoms. The van der Waals surface area contributed by atoms with Crippen LogP contribution in [0.4, 0.5) is 0 Å². The van der Waals surface area contributed by atoms with Gasteiger partial charge in [0.05, 0.1) is 0 Å². The van der Waals surface area contributed by atoms with Crippen LogP contribution in [-0.4, -0.2) is 30.4 Å². The maximum absolute atomic E-state index is 11.0. The van der Waals surface area contributed by atoms with Crippen LogP contribution in [0.2, 0.25) is 0 Å². The molecule has 84 valence electrons. The van der Waals surface area contributed by atoms with Crippen molar-refractivity contribution < 1.29 is 9.90 Å². The largest absolute Gasteiger partial charge is 0.480 e. The van der Waals surface area contributed by atoms with Crippen LogP contribution < -0.4 is 0 Å². The Bertz CT molecular complexity index is 536. The highest BCUT2D eigenvalue weighted by atomic mass is 32.2. The van der Waals surface area contributed by atoms with Crippen molar-refractivity contribution in [2.75, 3.05) is 0 Å². The zero-order chi connectivity index (χ0) is 11.8. The fourth-order valence-electron chi connectivity index (χ4n) is 1.20. The third kappa shape index (κ3) is 1.88. The standard InChI is InChI=1S/C10H11N3O2S/c1-10(2,9(14)15)16-8-5-3-4-7-11-6-12-13(7)8/h3-6H,1-2H3,(H,14,15). The highest BCUT2D eigenvalue weighted by Gasteiger charge is 2.29. The zero-order valence-corrected chi connectivity index (χ0v) is 9.73. The highest BCUT2D eigenvalue weighted by molar-refractivity contribution is 8.01. The van der Waals surface area contributed by atoms with Crippen molar-refractivity contribution in [3.05, 3.63) is 24.5 Å². The Morgan fingerprint density at radius 2 is 2.25 bits per heavy atom. The van der Waals surface area contributed by atoms with Gasteiger partial charge in [0.2, 0.25) is 0 Å². The van der Waals surface area contributed by atoms with Gasteiger partial charge in [0.15, 0.2) is 5.65 Å². The Balaban J connectivity index is 2.41. The van der Waals surface area contributed by atoms with Crippen LogP contribution in [0.5, 0.6) is 0 Å². The topological polar surface area (TPSA) is 67.5 Å². The van der Waals surface area contributed by atoms with Crippen molar-refractivity contribution in [3.8, 4) is 0 Å². The first-order valence-electron chi connectivity index (χ1n) is 4.72. The second-order valence-electron chi connectivity index (χ2n) is 3.81. The summed E-state index contributed by atoms with van der Waals surface area (Å²) in [5.74, 6) is -0.852.